The lowest BCUT2D eigenvalue weighted by molar-refractivity contribution is -0.127. The predicted octanol–water partition coefficient (Wildman–Crippen LogP) is 3.86. The van der Waals surface area contributed by atoms with Crippen molar-refractivity contribution >= 4 is 23.1 Å². The largest absolute Gasteiger partial charge is 0.337 e. The van der Waals surface area contributed by atoms with Gasteiger partial charge in [-0.3, -0.25) is 9.59 Å². The molecule has 0 N–H and O–H groups in total. The number of hydrogen-bond acceptors (Lipinski definition) is 4. The second-order valence-electron chi connectivity index (χ2n) is 9.05. The van der Waals surface area contributed by atoms with Crippen molar-refractivity contribution in [2.24, 2.45) is 0 Å². The summed E-state index contributed by atoms with van der Waals surface area (Å²) < 4.78 is 27.6. The zero-order valence-corrected chi connectivity index (χ0v) is 18.0. The summed E-state index contributed by atoms with van der Waals surface area (Å²) in [6.45, 7) is 3.60. The van der Waals surface area contributed by atoms with Crippen LogP contribution in [-0.4, -0.2) is 60.3 Å². The Morgan fingerprint density at radius 3 is 2.44 bits per heavy atom. The number of fused-ring (bicyclic) bond motifs is 3. The maximum absolute atomic E-state index is 14.1. The number of Topliss-reactive ketones (excluding diaryl/α,β-unsaturated/α-hetero) is 1. The minimum Gasteiger partial charge on any atom is -0.337 e. The first-order valence-corrected chi connectivity index (χ1v) is 11.4. The standard InChI is InChI=1S/C25H27F2N3O2/c26-17-3-6-19(7-4-17)30-23-8-5-18(27)13-21(23)22-16-28(12-9-24(22)30)10-1-2-11-29-15-20(31)14-25(29)32/h3-8,13,22,24H,1-2,9-12,14-16H2/t22-,24+/m0/s1. The van der Waals surface area contributed by atoms with Crippen LogP contribution in [0, 0.1) is 11.6 Å². The van der Waals surface area contributed by atoms with Crippen LogP contribution in [0.5, 0.6) is 0 Å². The Morgan fingerprint density at radius 2 is 1.69 bits per heavy atom. The van der Waals surface area contributed by atoms with E-state index in [4.69, 9.17) is 0 Å². The molecule has 0 unspecified atom stereocenters. The number of nitrogens with zero attached hydrogens (tertiary/aromatic N) is 3. The first-order valence-electron chi connectivity index (χ1n) is 11.4. The van der Waals surface area contributed by atoms with Crippen LogP contribution >= 0.6 is 0 Å². The van der Waals surface area contributed by atoms with Crippen molar-refractivity contribution in [3.05, 3.63) is 59.7 Å². The molecule has 2 saturated heterocycles. The zero-order chi connectivity index (χ0) is 22.2. The minimum absolute atomic E-state index is 0.00918. The topological polar surface area (TPSA) is 43.9 Å². The summed E-state index contributed by atoms with van der Waals surface area (Å²) in [5, 5.41) is 0. The van der Waals surface area contributed by atoms with Gasteiger partial charge in [-0.05, 0) is 73.8 Å². The highest BCUT2D eigenvalue weighted by Gasteiger charge is 2.42. The molecule has 2 fully saturated rings. The molecule has 0 aromatic heterocycles. The van der Waals surface area contributed by atoms with Crippen molar-refractivity contribution in [2.75, 3.05) is 37.6 Å². The summed E-state index contributed by atoms with van der Waals surface area (Å²) in [5.41, 5.74) is 2.96. The normalized spacial score (nSPS) is 23.1. The monoisotopic (exact) mass is 439 g/mol. The fourth-order valence-electron chi connectivity index (χ4n) is 5.46. The molecular weight excluding hydrogens is 412 g/mol. The third-order valence-corrected chi connectivity index (χ3v) is 6.97. The number of likely N-dealkylation sites (tertiary alicyclic amines) is 2. The number of anilines is 2. The quantitative estimate of drug-likeness (QED) is 0.507. The molecule has 3 aliphatic heterocycles. The number of piperidine rings is 1. The van der Waals surface area contributed by atoms with Crippen molar-refractivity contribution in [3.8, 4) is 0 Å². The fraction of sp³-hybridized carbons (Fsp3) is 0.440. The number of hydrogen-bond donors (Lipinski definition) is 0. The number of benzene rings is 2. The molecule has 0 bridgehead atoms. The molecule has 0 aliphatic carbocycles. The molecule has 1 amide bonds. The number of unbranched alkanes of at least 4 members (excludes halogenated alkanes) is 1. The molecule has 168 valence electrons. The second-order valence-corrected chi connectivity index (χ2v) is 9.05. The molecule has 0 spiro atoms. The Balaban J connectivity index is 1.25. The molecule has 2 aromatic carbocycles. The summed E-state index contributed by atoms with van der Waals surface area (Å²) in [6.07, 6.45) is 2.82. The lowest BCUT2D eigenvalue weighted by atomic mass is 9.89. The molecule has 32 heavy (non-hydrogen) atoms. The van der Waals surface area contributed by atoms with E-state index in [1.807, 2.05) is 6.07 Å². The molecule has 3 heterocycles. The maximum Gasteiger partial charge on any atom is 0.230 e. The maximum atomic E-state index is 14.1. The lowest BCUT2D eigenvalue weighted by Gasteiger charge is -2.39. The number of ketones is 1. The molecule has 5 nitrogen and oxygen atoms in total. The van der Waals surface area contributed by atoms with Gasteiger partial charge in [0.15, 0.2) is 5.78 Å². The Morgan fingerprint density at radius 1 is 0.938 bits per heavy atom. The summed E-state index contributed by atoms with van der Waals surface area (Å²) in [6, 6.07) is 11.7. The number of rotatable bonds is 6. The van der Waals surface area contributed by atoms with Crippen molar-refractivity contribution < 1.29 is 18.4 Å². The number of carbonyl (C=O) groups is 2. The van der Waals surface area contributed by atoms with Crippen LogP contribution in [0.25, 0.3) is 0 Å². The number of carbonyl (C=O) groups excluding carboxylic acids is 2. The van der Waals surface area contributed by atoms with Crippen LogP contribution in [0.2, 0.25) is 0 Å². The van der Waals surface area contributed by atoms with Gasteiger partial charge in [-0.15, -0.1) is 0 Å². The molecule has 2 aromatic rings. The van der Waals surface area contributed by atoms with Crippen molar-refractivity contribution in [2.45, 2.75) is 37.6 Å². The van der Waals surface area contributed by atoms with Crippen molar-refractivity contribution in [1.82, 2.24) is 9.80 Å². The summed E-state index contributed by atoms with van der Waals surface area (Å²) in [5.74, 6) is -0.350. The predicted molar refractivity (Wildman–Crippen MR) is 118 cm³/mol. The Labute approximate surface area is 186 Å². The molecule has 3 aliphatic rings. The van der Waals surface area contributed by atoms with Gasteiger partial charge in [0.2, 0.25) is 5.91 Å². The molecule has 0 saturated carbocycles. The van der Waals surface area contributed by atoms with Gasteiger partial charge in [0.25, 0.3) is 0 Å². The molecule has 7 heteroatoms. The van der Waals surface area contributed by atoms with Crippen LogP contribution < -0.4 is 4.90 Å². The SMILES string of the molecule is O=C1CC(=O)N(CCCCN2CC[C@@H]3[C@@H](C2)c2cc(F)ccc2N3c2ccc(F)cc2)C1. The van der Waals surface area contributed by atoms with Gasteiger partial charge in [-0.1, -0.05) is 0 Å². The van der Waals surface area contributed by atoms with E-state index in [1.165, 1.54) is 18.2 Å². The van der Waals surface area contributed by atoms with Gasteiger partial charge >= 0.3 is 0 Å². The van der Waals surface area contributed by atoms with E-state index >= 15 is 0 Å². The van der Waals surface area contributed by atoms with E-state index in [-0.39, 0.29) is 48.3 Å². The number of amides is 1. The van der Waals surface area contributed by atoms with E-state index in [1.54, 1.807) is 23.1 Å². The van der Waals surface area contributed by atoms with Gasteiger partial charge in [0, 0.05) is 43.0 Å². The smallest absolute Gasteiger partial charge is 0.230 e. The van der Waals surface area contributed by atoms with E-state index in [2.05, 4.69) is 9.80 Å². The first kappa shape index (κ1) is 21.1. The van der Waals surface area contributed by atoms with Crippen LogP contribution in [-0.2, 0) is 9.59 Å². The van der Waals surface area contributed by atoms with Crippen LogP contribution in [0.15, 0.2) is 42.5 Å². The van der Waals surface area contributed by atoms with E-state index in [0.29, 0.717) is 6.54 Å². The fourth-order valence-corrected chi connectivity index (χ4v) is 5.46. The Hall–Kier alpha value is -2.80. The van der Waals surface area contributed by atoms with Crippen LogP contribution in [0.4, 0.5) is 20.2 Å². The third-order valence-electron chi connectivity index (χ3n) is 6.97. The first-order chi connectivity index (χ1) is 15.5. The van der Waals surface area contributed by atoms with Gasteiger partial charge in [-0.25, -0.2) is 8.78 Å². The van der Waals surface area contributed by atoms with Crippen LogP contribution in [0.1, 0.15) is 37.2 Å². The van der Waals surface area contributed by atoms with Gasteiger partial charge in [0.1, 0.15) is 11.6 Å². The van der Waals surface area contributed by atoms with Crippen molar-refractivity contribution in [1.29, 1.82) is 0 Å². The highest BCUT2D eigenvalue weighted by molar-refractivity contribution is 6.05. The van der Waals surface area contributed by atoms with Crippen LogP contribution in [0.3, 0.4) is 0 Å². The zero-order valence-electron chi connectivity index (χ0n) is 18.0. The Bertz CT molecular complexity index is 1030. The lowest BCUT2D eigenvalue weighted by Crippen LogP contribution is -2.45. The average Bonchev–Trinajstić information content (AvgIpc) is 3.27. The highest BCUT2D eigenvalue weighted by Crippen LogP contribution is 2.48. The summed E-state index contributed by atoms with van der Waals surface area (Å²) in [4.78, 5) is 29.5. The summed E-state index contributed by atoms with van der Waals surface area (Å²) in [7, 11) is 0. The second kappa shape index (κ2) is 8.62. The Kier molecular flexibility index (Phi) is 5.67. The van der Waals surface area contributed by atoms with E-state index in [9.17, 15) is 18.4 Å². The molecule has 2 atom stereocenters. The number of halogens is 2. The van der Waals surface area contributed by atoms with Gasteiger partial charge < -0.3 is 14.7 Å². The average molecular weight is 440 g/mol. The van der Waals surface area contributed by atoms with E-state index < -0.39 is 0 Å². The minimum atomic E-state index is -0.265. The molecular formula is C25H27F2N3O2. The van der Waals surface area contributed by atoms with Gasteiger partial charge in [-0.2, -0.15) is 0 Å². The molecule has 5 rings (SSSR count). The van der Waals surface area contributed by atoms with Crippen molar-refractivity contribution in [3.63, 3.8) is 0 Å². The summed E-state index contributed by atoms with van der Waals surface area (Å²) >= 11 is 0. The van der Waals surface area contributed by atoms with E-state index in [0.717, 1.165) is 55.8 Å². The van der Waals surface area contributed by atoms with Gasteiger partial charge in [0.05, 0.1) is 13.0 Å². The third kappa shape index (κ3) is 4.01. The molecule has 0 radical (unpaired) electrons. The highest BCUT2D eigenvalue weighted by atomic mass is 19.1.